The van der Waals surface area contributed by atoms with E-state index in [9.17, 15) is 22.8 Å². The van der Waals surface area contributed by atoms with Crippen LogP contribution < -0.4 is 14.5 Å². The molecule has 2 heterocycles. The number of hydrogen-bond acceptors (Lipinski definition) is 4. The van der Waals surface area contributed by atoms with E-state index in [4.69, 9.17) is 4.74 Å². The van der Waals surface area contributed by atoms with Gasteiger partial charge in [-0.3, -0.25) is 9.59 Å². The molecule has 9 heteroatoms. The van der Waals surface area contributed by atoms with Crippen molar-refractivity contribution in [2.24, 2.45) is 0 Å². The number of piperazine rings is 1. The smallest absolute Gasteiger partial charge is 0.416 e. The van der Waals surface area contributed by atoms with Crippen LogP contribution in [0.2, 0.25) is 0 Å². The van der Waals surface area contributed by atoms with Crippen molar-refractivity contribution in [2.75, 3.05) is 42.5 Å². The number of amides is 2. The van der Waals surface area contributed by atoms with Crippen LogP contribution in [-0.2, 0) is 15.8 Å². The van der Waals surface area contributed by atoms with E-state index >= 15 is 0 Å². The fourth-order valence-corrected chi connectivity index (χ4v) is 4.23. The topological polar surface area (TPSA) is 53.1 Å². The minimum atomic E-state index is -4.39. The number of alkyl halides is 3. The molecule has 0 spiro atoms. The Kier molecular flexibility index (Phi) is 6.49. The molecule has 6 nitrogen and oxygen atoms in total. The van der Waals surface area contributed by atoms with E-state index in [1.54, 1.807) is 15.9 Å². The molecule has 1 atom stereocenters. The average Bonchev–Trinajstić information content (AvgIpc) is 2.81. The van der Waals surface area contributed by atoms with Crippen LogP contribution in [0, 0.1) is 0 Å². The molecule has 2 aliphatic rings. The Morgan fingerprint density at radius 1 is 0.970 bits per heavy atom. The van der Waals surface area contributed by atoms with Gasteiger partial charge < -0.3 is 19.4 Å². The zero-order chi connectivity index (χ0) is 23.6. The molecule has 0 saturated carbocycles. The first kappa shape index (κ1) is 22.9. The SMILES string of the molecule is C[C@H]1CN(C(=O)CCC(=O)N2CCN(c3cccc(C(F)(F)F)c3)CC2)c2ccccc2O1. The van der Waals surface area contributed by atoms with Crippen LogP contribution in [0.1, 0.15) is 25.3 Å². The second kappa shape index (κ2) is 9.33. The Balaban J connectivity index is 1.30. The maximum atomic E-state index is 13.0. The van der Waals surface area contributed by atoms with Crippen LogP contribution in [0.25, 0.3) is 0 Å². The number of anilines is 2. The van der Waals surface area contributed by atoms with Crippen LogP contribution >= 0.6 is 0 Å². The summed E-state index contributed by atoms with van der Waals surface area (Å²) < 4.78 is 44.7. The Bertz CT molecular complexity index is 1020. The van der Waals surface area contributed by atoms with Crippen LogP contribution in [0.3, 0.4) is 0 Å². The molecule has 0 aliphatic carbocycles. The van der Waals surface area contributed by atoms with Gasteiger partial charge in [0.2, 0.25) is 11.8 Å². The van der Waals surface area contributed by atoms with E-state index in [1.165, 1.54) is 6.07 Å². The fraction of sp³-hybridized carbons (Fsp3) is 0.417. The van der Waals surface area contributed by atoms with Gasteiger partial charge in [0.25, 0.3) is 0 Å². The number of carbonyl (C=O) groups is 2. The quantitative estimate of drug-likeness (QED) is 0.692. The van der Waals surface area contributed by atoms with Gasteiger partial charge >= 0.3 is 6.18 Å². The summed E-state index contributed by atoms with van der Waals surface area (Å²) in [6.45, 7) is 4.01. The molecule has 2 aromatic carbocycles. The molecule has 2 aromatic rings. The van der Waals surface area contributed by atoms with Crippen molar-refractivity contribution < 1.29 is 27.5 Å². The average molecular weight is 461 g/mol. The second-order valence-corrected chi connectivity index (χ2v) is 8.32. The highest BCUT2D eigenvalue weighted by Gasteiger charge is 2.32. The highest BCUT2D eigenvalue weighted by Crippen LogP contribution is 2.34. The highest BCUT2D eigenvalue weighted by atomic mass is 19.4. The Morgan fingerprint density at radius 3 is 2.39 bits per heavy atom. The number of fused-ring (bicyclic) bond motifs is 1. The largest absolute Gasteiger partial charge is 0.487 e. The Morgan fingerprint density at radius 2 is 1.67 bits per heavy atom. The number of hydrogen-bond donors (Lipinski definition) is 0. The Labute approximate surface area is 190 Å². The van der Waals surface area contributed by atoms with Gasteiger partial charge in [-0.1, -0.05) is 18.2 Å². The maximum absolute atomic E-state index is 13.0. The lowest BCUT2D eigenvalue weighted by molar-refractivity contribution is -0.137. The van der Waals surface area contributed by atoms with Crippen molar-refractivity contribution in [2.45, 2.75) is 32.0 Å². The van der Waals surface area contributed by atoms with E-state index in [2.05, 4.69) is 0 Å². The van der Waals surface area contributed by atoms with Gasteiger partial charge in [-0.15, -0.1) is 0 Å². The summed E-state index contributed by atoms with van der Waals surface area (Å²) >= 11 is 0. The Hall–Kier alpha value is -3.23. The first-order chi connectivity index (χ1) is 15.7. The lowest BCUT2D eigenvalue weighted by Crippen LogP contribution is -2.49. The van der Waals surface area contributed by atoms with Gasteiger partial charge in [0.05, 0.1) is 17.8 Å². The van der Waals surface area contributed by atoms with Gasteiger partial charge in [-0.2, -0.15) is 13.2 Å². The number of nitrogens with zero attached hydrogens (tertiary/aromatic N) is 3. The molecule has 1 fully saturated rings. The number of benzene rings is 2. The third-order valence-electron chi connectivity index (χ3n) is 5.95. The van der Waals surface area contributed by atoms with Crippen LogP contribution in [0.4, 0.5) is 24.5 Å². The fourth-order valence-electron chi connectivity index (χ4n) is 4.23. The van der Waals surface area contributed by atoms with Crippen LogP contribution in [0.5, 0.6) is 5.75 Å². The summed E-state index contributed by atoms with van der Waals surface area (Å²) in [6.07, 6.45) is -4.34. The van der Waals surface area contributed by atoms with Crippen molar-refractivity contribution in [3.63, 3.8) is 0 Å². The zero-order valence-electron chi connectivity index (χ0n) is 18.3. The molecular formula is C24H26F3N3O3. The van der Waals surface area contributed by atoms with E-state index in [0.717, 1.165) is 12.1 Å². The number of halogens is 3. The minimum Gasteiger partial charge on any atom is -0.487 e. The predicted octanol–water partition coefficient (Wildman–Crippen LogP) is 3.95. The molecule has 2 aliphatic heterocycles. The third kappa shape index (κ3) is 5.23. The summed E-state index contributed by atoms with van der Waals surface area (Å²) in [4.78, 5) is 30.7. The predicted molar refractivity (Wildman–Crippen MR) is 118 cm³/mol. The standard InChI is InChI=1S/C24H26F3N3O3/c1-17-16-30(20-7-2-3-8-21(20)33-17)23(32)10-9-22(31)29-13-11-28(12-14-29)19-6-4-5-18(15-19)24(25,26)27/h2-8,15,17H,9-14,16H2,1H3/t17-/m0/s1. The van der Waals surface area contributed by atoms with Crippen molar-refractivity contribution in [1.29, 1.82) is 0 Å². The molecule has 2 amide bonds. The van der Waals surface area contributed by atoms with E-state index in [0.29, 0.717) is 49.8 Å². The number of ether oxygens (including phenoxy) is 1. The van der Waals surface area contributed by atoms with Gasteiger partial charge in [0, 0.05) is 44.7 Å². The molecule has 0 bridgehead atoms. The number of rotatable bonds is 4. The zero-order valence-corrected chi connectivity index (χ0v) is 18.3. The maximum Gasteiger partial charge on any atom is 0.416 e. The van der Waals surface area contributed by atoms with Gasteiger partial charge in [0.1, 0.15) is 11.9 Å². The third-order valence-corrected chi connectivity index (χ3v) is 5.95. The summed E-state index contributed by atoms with van der Waals surface area (Å²) in [5.41, 5.74) is 0.519. The molecule has 176 valence electrons. The van der Waals surface area contributed by atoms with Crippen LogP contribution in [0.15, 0.2) is 48.5 Å². The number of carbonyl (C=O) groups excluding carboxylic acids is 2. The molecule has 1 saturated heterocycles. The summed E-state index contributed by atoms with van der Waals surface area (Å²) in [5.74, 6) is 0.400. The molecular weight excluding hydrogens is 435 g/mol. The van der Waals surface area contributed by atoms with E-state index < -0.39 is 11.7 Å². The normalized spacial score (nSPS) is 18.5. The van der Waals surface area contributed by atoms with E-state index in [1.807, 2.05) is 36.1 Å². The van der Waals surface area contributed by atoms with Gasteiger partial charge in [-0.25, -0.2) is 0 Å². The van der Waals surface area contributed by atoms with Gasteiger partial charge in [-0.05, 0) is 37.3 Å². The lowest BCUT2D eigenvalue weighted by atomic mass is 10.1. The van der Waals surface area contributed by atoms with Crippen LogP contribution in [-0.4, -0.2) is 55.5 Å². The monoisotopic (exact) mass is 461 g/mol. The molecule has 0 unspecified atom stereocenters. The summed E-state index contributed by atoms with van der Waals surface area (Å²) in [5, 5.41) is 0. The summed E-state index contributed by atoms with van der Waals surface area (Å²) in [7, 11) is 0. The highest BCUT2D eigenvalue weighted by molar-refractivity contribution is 5.97. The van der Waals surface area contributed by atoms with Crippen molar-refractivity contribution in [1.82, 2.24) is 4.90 Å². The van der Waals surface area contributed by atoms with Crippen molar-refractivity contribution >= 4 is 23.2 Å². The lowest BCUT2D eigenvalue weighted by Gasteiger charge is -2.36. The minimum absolute atomic E-state index is 0.0910. The first-order valence-corrected chi connectivity index (χ1v) is 11.0. The van der Waals surface area contributed by atoms with Crippen molar-refractivity contribution in [3.8, 4) is 5.75 Å². The van der Waals surface area contributed by atoms with Crippen molar-refractivity contribution in [3.05, 3.63) is 54.1 Å². The first-order valence-electron chi connectivity index (χ1n) is 11.0. The van der Waals surface area contributed by atoms with Gasteiger partial charge in [0.15, 0.2) is 0 Å². The number of para-hydroxylation sites is 2. The van der Waals surface area contributed by atoms with E-state index in [-0.39, 0.29) is 30.8 Å². The summed E-state index contributed by atoms with van der Waals surface area (Å²) in [6, 6.07) is 12.6. The molecule has 0 radical (unpaired) electrons. The molecule has 0 N–H and O–H groups in total. The second-order valence-electron chi connectivity index (χ2n) is 8.32. The molecule has 4 rings (SSSR count). The molecule has 0 aromatic heterocycles. The molecule has 33 heavy (non-hydrogen) atoms.